The first kappa shape index (κ1) is 16.8. The van der Waals surface area contributed by atoms with Gasteiger partial charge in [-0.2, -0.15) is 0 Å². The zero-order valence-corrected chi connectivity index (χ0v) is 13.9. The Bertz CT molecular complexity index is 736. The summed E-state index contributed by atoms with van der Waals surface area (Å²) in [6, 6.07) is 4.55. The number of H-pyrrole nitrogens is 1. The Balaban J connectivity index is 2.37. The summed E-state index contributed by atoms with van der Waals surface area (Å²) < 4.78 is 2.59. The van der Waals surface area contributed by atoms with Crippen molar-refractivity contribution in [2.75, 3.05) is 11.9 Å². The third kappa shape index (κ3) is 4.01. The highest BCUT2D eigenvalue weighted by atomic mass is 35.5. The van der Waals surface area contributed by atoms with E-state index in [1.54, 1.807) is 25.1 Å². The van der Waals surface area contributed by atoms with Crippen LogP contribution in [0.2, 0.25) is 10.0 Å². The van der Waals surface area contributed by atoms with Crippen LogP contribution in [0.3, 0.4) is 0 Å². The molecule has 0 aliphatic rings. The number of aliphatic imine (C=N–C) groups is 1. The monoisotopic (exact) mass is 360 g/mol. The van der Waals surface area contributed by atoms with Crippen LogP contribution in [0.1, 0.15) is 12.5 Å². The average Bonchev–Trinajstić information content (AvgIpc) is 2.78. The molecule has 0 saturated heterocycles. The predicted octanol–water partition coefficient (Wildman–Crippen LogP) is 2.57. The van der Waals surface area contributed by atoms with Crippen LogP contribution < -0.4 is 16.6 Å². The van der Waals surface area contributed by atoms with Crippen molar-refractivity contribution in [3.63, 3.8) is 0 Å². The lowest BCUT2D eigenvalue weighted by atomic mass is 10.2. The van der Waals surface area contributed by atoms with Gasteiger partial charge in [-0.05, 0) is 36.7 Å². The van der Waals surface area contributed by atoms with E-state index in [-0.39, 0.29) is 23.6 Å². The molecule has 0 saturated carbocycles. The van der Waals surface area contributed by atoms with Crippen molar-refractivity contribution < 1.29 is 5.11 Å². The van der Waals surface area contributed by atoms with Crippen LogP contribution in [0.5, 0.6) is 0 Å². The molecule has 0 radical (unpaired) electrons. The zero-order valence-electron chi connectivity index (χ0n) is 11.6. The highest BCUT2D eigenvalue weighted by molar-refractivity contribution is 7.10. The quantitative estimate of drug-likeness (QED) is 0.485. The lowest BCUT2D eigenvalue weighted by molar-refractivity contribution is 0.274. The average molecular weight is 361 g/mol. The van der Waals surface area contributed by atoms with Gasteiger partial charge >= 0.3 is 0 Å². The summed E-state index contributed by atoms with van der Waals surface area (Å²) in [6.07, 6.45) is 0. The predicted molar refractivity (Wildman–Crippen MR) is 92.0 cm³/mol. The molecule has 0 bridgehead atoms. The van der Waals surface area contributed by atoms with Gasteiger partial charge in [-0.1, -0.05) is 23.2 Å². The lowest BCUT2D eigenvalue weighted by Crippen LogP contribution is -2.24. The summed E-state index contributed by atoms with van der Waals surface area (Å²) in [5, 5.41) is 13.5. The molecular formula is C13H14Cl2N4O2S. The van der Waals surface area contributed by atoms with E-state index in [9.17, 15) is 4.79 Å². The maximum atomic E-state index is 11.9. The topological polar surface area (TPSA) is 104 Å². The van der Waals surface area contributed by atoms with Crippen LogP contribution in [-0.4, -0.2) is 28.0 Å². The number of aromatic amines is 1. The van der Waals surface area contributed by atoms with Gasteiger partial charge in [-0.3, -0.25) is 14.2 Å². The fraction of sp³-hybridized carbons (Fsp3) is 0.231. The molecule has 1 atom stereocenters. The number of anilines is 2. The first-order valence-electron chi connectivity index (χ1n) is 6.29. The van der Waals surface area contributed by atoms with Crippen LogP contribution in [0.15, 0.2) is 28.0 Å². The second-order valence-corrected chi connectivity index (χ2v) is 6.26. The number of nitrogens with zero attached hydrogens (tertiary/aromatic N) is 1. The maximum absolute atomic E-state index is 11.9. The number of rotatable bonds is 5. The van der Waals surface area contributed by atoms with E-state index in [4.69, 9.17) is 34.0 Å². The number of nitrogens with one attached hydrogen (secondary N) is 2. The lowest BCUT2D eigenvalue weighted by Gasteiger charge is -2.08. The number of benzene rings is 1. The first-order valence-corrected chi connectivity index (χ1v) is 7.87. The third-order valence-corrected chi connectivity index (χ3v) is 3.93. The Morgan fingerprint density at radius 1 is 1.45 bits per heavy atom. The van der Waals surface area contributed by atoms with Crippen molar-refractivity contribution in [3.8, 4) is 0 Å². The minimum Gasteiger partial charge on any atom is -0.394 e. The van der Waals surface area contributed by atoms with E-state index in [1.165, 1.54) is 0 Å². The van der Waals surface area contributed by atoms with Crippen LogP contribution in [-0.2, 0) is 0 Å². The summed E-state index contributed by atoms with van der Waals surface area (Å²) in [7, 11) is 0. The van der Waals surface area contributed by atoms with Crippen LogP contribution in [0.25, 0.3) is 0 Å². The number of aromatic nitrogens is 1. The van der Waals surface area contributed by atoms with Crippen molar-refractivity contribution >= 4 is 51.3 Å². The van der Waals surface area contributed by atoms with Crippen molar-refractivity contribution in [2.45, 2.75) is 13.0 Å². The van der Waals surface area contributed by atoms with Crippen molar-refractivity contribution in [3.05, 3.63) is 44.2 Å². The summed E-state index contributed by atoms with van der Waals surface area (Å²) in [4.78, 5) is 16.0. The van der Waals surface area contributed by atoms with E-state index in [0.717, 1.165) is 11.5 Å². The maximum Gasteiger partial charge on any atom is 0.271 e. The van der Waals surface area contributed by atoms with Crippen molar-refractivity contribution in [1.29, 1.82) is 0 Å². The Labute approximate surface area is 140 Å². The summed E-state index contributed by atoms with van der Waals surface area (Å²) in [6.45, 7) is 1.53. The largest absolute Gasteiger partial charge is 0.394 e. The Morgan fingerprint density at radius 2 is 2.09 bits per heavy atom. The molecule has 0 fully saturated rings. The van der Waals surface area contributed by atoms with E-state index >= 15 is 0 Å². The van der Waals surface area contributed by atoms with Gasteiger partial charge in [0, 0.05) is 15.7 Å². The standard InChI is InChI=1S/C13H14Cl2N4O2S/c1-6(5-20)17-11(16)10-12(21)19-22-13(10)18-9-3-7(14)2-8(15)4-9/h2-4,6,18,20H,5H2,1H3,(H2,16,17)(H,19,21). The first-order chi connectivity index (χ1) is 10.4. The molecule has 6 nitrogen and oxygen atoms in total. The van der Waals surface area contributed by atoms with Crippen LogP contribution >= 0.6 is 34.7 Å². The number of aliphatic hydroxyl groups excluding tert-OH is 1. The van der Waals surface area contributed by atoms with Gasteiger partial charge in [0.15, 0.2) is 0 Å². The molecule has 22 heavy (non-hydrogen) atoms. The molecule has 0 aliphatic heterocycles. The Hall–Kier alpha value is -1.54. The normalized spacial score (nSPS) is 13.2. The van der Waals surface area contributed by atoms with E-state index in [0.29, 0.717) is 20.7 Å². The summed E-state index contributed by atoms with van der Waals surface area (Å²) in [5.41, 5.74) is 6.36. The second-order valence-electron chi connectivity index (χ2n) is 4.57. The number of halogens is 2. The van der Waals surface area contributed by atoms with Crippen molar-refractivity contribution in [2.24, 2.45) is 10.7 Å². The molecule has 9 heteroatoms. The van der Waals surface area contributed by atoms with E-state index < -0.39 is 6.04 Å². The Morgan fingerprint density at radius 3 is 2.68 bits per heavy atom. The molecule has 0 amide bonds. The second kappa shape index (κ2) is 7.15. The van der Waals surface area contributed by atoms with Gasteiger partial charge in [0.25, 0.3) is 5.56 Å². The van der Waals surface area contributed by atoms with Gasteiger partial charge in [-0.25, -0.2) is 0 Å². The number of aliphatic hydroxyl groups is 1. The highest BCUT2D eigenvalue weighted by Gasteiger charge is 2.16. The van der Waals surface area contributed by atoms with Gasteiger partial charge in [0.1, 0.15) is 16.4 Å². The molecule has 2 rings (SSSR count). The fourth-order valence-electron chi connectivity index (χ4n) is 1.72. The van der Waals surface area contributed by atoms with Gasteiger partial charge in [0.2, 0.25) is 0 Å². The molecular weight excluding hydrogens is 347 g/mol. The van der Waals surface area contributed by atoms with Crippen LogP contribution in [0, 0.1) is 0 Å². The number of amidine groups is 1. The fourth-order valence-corrected chi connectivity index (χ4v) is 3.01. The minimum absolute atomic E-state index is 0.0553. The molecule has 2 aromatic rings. The number of hydrogen-bond donors (Lipinski definition) is 4. The third-order valence-electron chi connectivity index (χ3n) is 2.70. The molecule has 118 valence electrons. The Kier molecular flexibility index (Phi) is 5.47. The highest BCUT2D eigenvalue weighted by Crippen LogP contribution is 2.27. The van der Waals surface area contributed by atoms with Gasteiger partial charge in [-0.15, -0.1) is 0 Å². The van der Waals surface area contributed by atoms with E-state index in [2.05, 4.69) is 14.7 Å². The molecule has 0 spiro atoms. The van der Waals surface area contributed by atoms with Crippen LogP contribution in [0.4, 0.5) is 10.7 Å². The SMILES string of the molecule is CC(CO)N=C(N)c1c(Nc2cc(Cl)cc(Cl)c2)s[nH]c1=O. The molecule has 1 aromatic carbocycles. The molecule has 5 N–H and O–H groups in total. The minimum atomic E-state index is -0.396. The molecule has 1 heterocycles. The molecule has 1 aromatic heterocycles. The van der Waals surface area contributed by atoms with E-state index in [1.807, 2.05) is 0 Å². The summed E-state index contributed by atoms with van der Waals surface area (Å²) in [5.74, 6) is 0.0553. The molecule has 0 aliphatic carbocycles. The number of nitrogens with two attached hydrogens (primary N) is 1. The van der Waals surface area contributed by atoms with Gasteiger partial charge < -0.3 is 16.2 Å². The number of hydrogen-bond acceptors (Lipinski definition) is 5. The molecule has 1 unspecified atom stereocenters. The summed E-state index contributed by atoms with van der Waals surface area (Å²) >= 11 is 13.0. The zero-order chi connectivity index (χ0) is 16.3. The smallest absolute Gasteiger partial charge is 0.271 e. The van der Waals surface area contributed by atoms with Crippen molar-refractivity contribution in [1.82, 2.24) is 4.37 Å². The van der Waals surface area contributed by atoms with Gasteiger partial charge in [0.05, 0.1) is 12.6 Å².